The Kier molecular flexibility index (Phi) is 8.36. The average molecular weight is 567 g/mol. The van der Waals surface area contributed by atoms with Crippen molar-refractivity contribution in [2.24, 2.45) is 0 Å². The van der Waals surface area contributed by atoms with E-state index in [1.54, 1.807) is 89.5 Å². The maximum Gasteiger partial charge on any atom is 0.326 e. The van der Waals surface area contributed by atoms with Crippen molar-refractivity contribution < 1.29 is 24.2 Å². The third kappa shape index (κ3) is 6.59. The normalized spacial score (nSPS) is 11.6. The number of carboxylic acid groups (broad SMARTS) is 1. The van der Waals surface area contributed by atoms with Crippen LogP contribution in [0.1, 0.15) is 31.8 Å². The van der Waals surface area contributed by atoms with Gasteiger partial charge in [0.2, 0.25) is 0 Å². The van der Waals surface area contributed by atoms with Crippen LogP contribution in [-0.2, 0) is 17.8 Å². The molecule has 0 saturated heterocycles. The van der Waals surface area contributed by atoms with Gasteiger partial charge < -0.3 is 15.2 Å². The number of ketones is 1. The van der Waals surface area contributed by atoms with E-state index in [-0.39, 0.29) is 23.7 Å². The molecule has 1 amide bonds. The number of benzene rings is 4. The van der Waals surface area contributed by atoms with Gasteiger partial charge in [-0.3, -0.25) is 19.0 Å². The molecule has 0 aliphatic carbocycles. The van der Waals surface area contributed by atoms with Gasteiger partial charge in [-0.15, -0.1) is 0 Å². The Labute approximate surface area is 239 Å². The quantitative estimate of drug-likeness (QED) is 0.222. The van der Waals surface area contributed by atoms with Crippen LogP contribution in [0.5, 0.6) is 5.75 Å². The molecule has 1 heterocycles. The number of ether oxygens (including phenoxy) is 1. The highest BCUT2D eigenvalue weighted by Crippen LogP contribution is 2.21. The molecule has 9 heteroatoms. The molecular formula is C32H26N2O6S. The molecule has 0 fully saturated rings. The van der Waals surface area contributed by atoms with Crippen LogP contribution in [0.25, 0.3) is 10.2 Å². The molecule has 0 unspecified atom stereocenters. The zero-order valence-corrected chi connectivity index (χ0v) is 22.7. The minimum absolute atomic E-state index is 0.0973. The largest absolute Gasteiger partial charge is 0.492 e. The van der Waals surface area contributed by atoms with E-state index in [0.29, 0.717) is 29.0 Å². The fraction of sp³-hybridized carbons (Fsp3) is 0.125. The number of amides is 1. The number of hydrogen-bond donors (Lipinski definition) is 2. The number of aromatic nitrogens is 1. The Morgan fingerprint density at radius 2 is 1.49 bits per heavy atom. The Hall–Kier alpha value is -5.02. The molecule has 0 bridgehead atoms. The standard InChI is InChI=1S/C32H26N2O6S/c35-29(22-7-3-1-4-8-22)24-13-16-27-28(20-24)41-32(39)34(27)17-18-40-25-14-11-21(12-15-25)19-26(31(37)38)33-30(36)23-9-5-2-6-10-23/h1-16,20,26H,17-19H2,(H,33,36)(H,37,38)/t26-/m0/s1. The smallest absolute Gasteiger partial charge is 0.326 e. The molecule has 0 aliphatic rings. The van der Waals surface area contributed by atoms with Gasteiger partial charge in [0.05, 0.1) is 16.8 Å². The first-order valence-corrected chi connectivity index (χ1v) is 13.7. The SMILES string of the molecule is O=C(N[C@@H](Cc1ccc(OCCn2c(=O)sc3cc(C(=O)c4ccccc4)ccc32)cc1)C(=O)O)c1ccccc1. The lowest BCUT2D eigenvalue weighted by Crippen LogP contribution is -2.42. The highest BCUT2D eigenvalue weighted by Gasteiger charge is 2.21. The van der Waals surface area contributed by atoms with Crippen LogP contribution >= 0.6 is 11.3 Å². The van der Waals surface area contributed by atoms with Crippen molar-refractivity contribution in [1.82, 2.24) is 9.88 Å². The Morgan fingerprint density at radius 3 is 2.15 bits per heavy atom. The van der Waals surface area contributed by atoms with Crippen molar-refractivity contribution >= 4 is 39.2 Å². The summed E-state index contributed by atoms with van der Waals surface area (Å²) in [4.78, 5) is 49.5. The maximum absolute atomic E-state index is 12.8. The molecule has 0 aliphatic heterocycles. The number of aliphatic carboxylic acids is 1. The van der Waals surface area contributed by atoms with E-state index in [4.69, 9.17) is 4.74 Å². The van der Waals surface area contributed by atoms with Crippen LogP contribution in [0.15, 0.2) is 108 Å². The Morgan fingerprint density at radius 1 is 0.829 bits per heavy atom. The van der Waals surface area contributed by atoms with Gasteiger partial charge in [-0.2, -0.15) is 0 Å². The van der Waals surface area contributed by atoms with Crippen LogP contribution in [0.4, 0.5) is 0 Å². The predicted octanol–water partition coefficient (Wildman–Crippen LogP) is 4.80. The molecule has 2 N–H and O–H groups in total. The van der Waals surface area contributed by atoms with E-state index in [1.165, 1.54) is 0 Å². The molecule has 206 valence electrons. The third-order valence-electron chi connectivity index (χ3n) is 6.55. The van der Waals surface area contributed by atoms with Gasteiger partial charge in [-0.25, -0.2) is 4.79 Å². The van der Waals surface area contributed by atoms with Crippen LogP contribution in [-0.4, -0.2) is 40.0 Å². The highest BCUT2D eigenvalue weighted by molar-refractivity contribution is 7.16. The van der Waals surface area contributed by atoms with Crippen molar-refractivity contribution in [1.29, 1.82) is 0 Å². The summed E-state index contributed by atoms with van der Waals surface area (Å²) in [5.74, 6) is -1.11. The first-order chi connectivity index (χ1) is 19.9. The second kappa shape index (κ2) is 12.4. The monoisotopic (exact) mass is 566 g/mol. The van der Waals surface area contributed by atoms with E-state index in [0.717, 1.165) is 27.1 Å². The molecule has 0 spiro atoms. The van der Waals surface area contributed by atoms with Gasteiger partial charge in [0, 0.05) is 23.1 Å². The summed E-state index contributed by atoms with van der Waals surface area (Å²) >= 11 is 1.09. The number of carboxylic acids is 1. The summed E-state index contributed by atoms with van der Waals surface area (Å²) in [6.07, 6.45) is 0.110. The van der Waals surface area contributed by atoms with Crippen LogP contribution in [0.3, 0.4) is 0 Å². The minimum Gasteiger partial charge on any atom is -0.492 e. The van der Waals surface area contributed by atoms with Gasteiger partial charge in [-0.05, 0) is 48.0 Å². The predicted molar refractivity (Wildman–Crippen MR) is 157 cm³/mol. The number of thiazole rings is 1. The molecule has 1 atom stereocenters. The van der Waals surface area contributed by atoms with Gasteiger partial charge in [0.15, 0.2) is 5.78 Å². The second-order valence-corrected chi connectivity index (χ2v) is 10.3. The molecule has 0 saturated carbocycles. The second-order valence-electron chi connectivity index (χ2n) is 9.32. The molecule has 41 heavy (non-hydrogen) atoms. The zero-order chi connectivity index (χ0) is 28.8. The average Bonchev–Trinajstić information content (AvgIpc) is 3.32. The van der Waals surface area contributed by atoms with E-state index in [2.05, 4.69) is 5.32 Å². The lowest BCUT2D eigenvalue weighted by Gasteiger charge is -2.15. The van der Waals surface area contributed by atoms with Crippen molar-refractivity contribution in [2.75, 3.05) is 6.61 Å². The summed E-state index contributed by atoms with van der Waals surface area (Å²) in [6.45, 7) is 0.555. The number of carbonyl (C=O) groups is 3. The summed E-state index contributed by atoms with van der Waals surface area (Å²) in [5, 5.41) is 12.2. The van der Waals surface area contributed by atoms with Gasteiger partial charge in [-0.1, -0.05) is 72.0 Å². The fourth-order valence-corrected chi connectivity index (χ4v) is 5.38. The van der Waals surface area contributed by atoms with Crippen molar-refractivity contribution in [2.45, 2.75) is 19.0 Å². The summed E-state index contributed by atoms with van der Waals surface area (Å²) < 4.78 is 8.19. The van der Waals surface area contributed by atoms with Gasteiger partial charge >= 0.3 is 10.8 Å². The lowest BCUT2D eigenvalue weighted by atomic mass is 10.0. The van der Waals surface area contributed by atoms with Crippen molar-refractivity contribution in [3.63, 3.8) is 0 Å². The highest BCUT2D eigenvalue weighted by atomic mass is 32.1. The summed E-state index contributed by atoms with van der Waals surface area (Å²) in [7, 11) is 0. The number of nitrogens with zero attached hydrogens (tertiary/aromatic N) is 1. The molecule has 5 rings (SSSR count). The van der Waals surface area contributed by atoms with E-state index in [9.17, 15) is 24.3 Å². The number of rotatable bonds is 11. The van der Waals surface area contributed by atoms with Crippen LogP contribution in [0, 0.1) is 0 Å². The lowest BCUT2D eigenvalue weighted by molar-refractivity contribution is -0.139. The van der Waals surface area contributed by atoms with Crippen molar-refractivity contribution in [3.05, 3.63) is 135 Å². The first-order valence-electron chi connectivity index (χ1n) is 12.9. The van der Waals surface area contributed by atoms with E-state index >= 15 is 0 Å². The first kappa shape index (κ1) is 27.5. The third-order valence-corrected chi connectivity index (χ3v) is 7.49. The molecule has 0 radical (unpaired) electrons. The minimum atomic E-state index is -1.13. The fourth-order valence-electron chi connectivity index (χ4n) is 4.42. The Balaban J connectivity index is 1.19. The Bertz CT molecular complexity index is 1740. The van der Waals surface area contributed by atoms with Crippen LogP contribution in [0.2, 0.25) is 0 Å². The van der Waals surface area contributed by atoms with Crippen LogP contribution < -0.4 is 14.9 Å². The molecule has 1 aromatic heterocycles. The molecule has 8 nitrogen and oxygen atoms in total. The number of nitrogens with one attached hydrogen (secondary N) is 1. The maximum atomic E-state index is 12.8. The van der Waals surface area contributed by atoms with E-state index < -0.39 is 17.9 Å². The van der Waals surface area contributed by atoms with Gasteiger partial charge in [0.25, 0.3) is 5.91 Å². The molecule has 4 aromatic carbocycles. The van der Waals surface area contributed by atoms with Gasteiger partial charge in [0.1, 0.15) is 18.4 Å². The summed E-state index contributed by atoms with van der Waals surface area (Å²) in [5.41, 5.74) is 2.97. The summed E-state index contributed by atoms with van der Waals surface area (Å²) in [6, 6.07) is 28.6. The number of hydrogen-bond acceptors (Lipinski definition) is 6. The van der Waals surface area contributed by atoms with Crippen molar-refractivity contribution in [3.8, 4) is 5.75 Å². The zero-order valence-electron chi connectivity index (χ0n) is 21.9. The number of fused-ring (bicyclic) bond motifs is 1. The van der Waals surface area contributed by atoms with E-state index in [1.807, 2.05) is 18.2 Å². The number of carbonyl (C=O) groups excluding carboxylic acids is 2. The molecular weight excluding hydrogens is 540 g/mol. The topological polar surface area (TPSA) is 115 Å². The molecule has 5 aromatic rings.